The molecule has 0 spiro atoms. The Morgan fingerprint density at radius 3 is 2.50 bits per heavy atom. The molecule has 20 heavy (non-hydrogen) atoms. The third-order valence-corrected chi connectivity index (χ3v) is 3.17. The Labute approximate surface area is 119 Å². The molecular formula is C16H22O4. The van der Waals surface area contributed by atoms with Crippen LogP contribution in [0, 0.1) is 5.92 Å². The van der Waals surface area contributed by atoms with Crippen LogP contribution in [-0.4, -0.2) is 17.0 Å². The van der Waals surface area contributed by atoms with Gasteiger partial charge in [0.1, 0.15) is 6.61 Å². The number of hydrogen-bond acceptors (Lipinski definition) is 3. The third kappa shape index (κ3) is 6.36. The molecule has 1 rings (SSSR count). The van der Waals surface area contributed by atoms with Crippen molar-refractivity contribution >= 4 is 11.9 Å². The second-order valence-electron chi connectivity index (χ2n) is 4.86. The Morgan fingerprint density at radius 1 is 1.20 bits per heavy atom. The summed E-state index contributed by atoms with van der Waals surface area (Å²) in [6.45, 7) is 2.29. The highest BCUT2D eigenvalue weighted by molar-refractivity contribution is 5.74. The van der Waals surface area contributed by atoms with Gasteiger partial charge < -0.3 is 9.84 Å². The molecule has 0 radical (unpaired) electrons. The topological polar surface area (TPSA) is 63.6 Å². The Morgan fingerprint density at radius 2 is 1.90 bits per heavy atom. The Balaban J connectivity index is 2.46. The zero-order valence-electron chi connectivity index (χ0n) is 11.9. The predicted octanol–water partition coefficient (Wildman–Crippen LogP) is 3.40. The van der Waals surface area contributed by atoms with Gasteiger partial charge in [-0.3, -0.25) is 9.59 Å². The van der Waals surface area contributed by atoms with E-state index in [4.69, 9.17) is 9.84 Å². The number of carbonyl (C=O) groups excluding carboxylic acids is 1. The van der Waals surface area contributed by atoms with Gasteiger partial charge in [0.05, 0.1) is 5.92 Å². The van der Waals surface area contributed by atoms with Crippen molar-refractivity contribution in [1.29, 1.82) is 0 Å². The maximum Gasteiger partial charge on any atom is 0.309 e. The van der Waals surface area contributed by atoms with Crippen molar-refractivity contribution in [3.63, 3.8) is 0 Å². The standard InChI is InChI=1S/C16H22O4/c1-2-3-9-14(10-11-15(17)18)16(19)20-12-13-7-5-4-6-8-13/h4-8,14H,2-3,9-12H2,1H3,(H,17,18). The molecule has 0 fully saturated rings. The molecule has 0 aliphatic rings. The van der Waals surface area contributed by atoms with E-state index in [9.17, 15) is 9.59 Å². The first-order valence-corrected chi connectivity index (χ1v) is 7.05. The van der Waals surface area contributed by atoms with Crippen LogP contribution < -0.4 is 0 Å². The summed E-state index contributed by atoms with van der Waals surface area (Å²) in [6, 6.07) is 9.48. The lowest BCUT2D eigenvalue weighted by Gasteiger charge is -2.15. The summed E-state index contributed by atoms with van der Waals surface area (Å²) in [5.74, 6) is -1.47. The van der Waals surface area contributed by atoms with Crippen molar-refractivity contribution in [2.24, 2.45) is 5.92 Å². The van der Waals surface area contributed by atoms with Crippen molar-refractivity contribution in [2.45, 2.75) is 45.6 Å². The van der Waals surface area contributed by atoms with Gasteiger partial charge in [-0.1, -0.05) is 50.1 Å². The van der Waals surface area contributed by atoms with Crippen LogP contribution in [0.4, 0.5) is 0 Å². The van der Waals surface area contributed by atoms with E-state index < -0.39 is 5.97 Å². The number of aliphatic carboxylic acids is 1. The fourth-order valence-electron chi connectivity index (χ4n) is 1.97. The molecule has 1 unspecified atom stereocenters. The Kier molecular flexibility index (Phi) is 7.40. The van der Waals surface area contributed by atoms with Gasteiger partial charge in [0, 0.05) is 6.42 Å². The Bertz CT molecular complexity index is 414. The van der Waals surface area contributed by atoms with Crippen LogP contribution in [0.25, 0.3) is 0 Å². The summed E-state index contributed by atoms with van der Waals surface area (Å²) in [5.41, 5.74) is 0.938. The highest BCUT2D eigenvalue weighted by Crippen LogP contribution is 2.17. The molecule has 1 atom stereocenters. The summed E-state index contributed by atoms with van der Waals surface area (Å²) in [5, 5.41) is 8.73. The monoisotopic (exact) mass is 278 g/mol. The largest absolute Gasteiger partial charge is 0.481 e. The molecule has 0 heterocycles. The minimum absolute atomic E-state index is 0.00875. The molecule has 4 heteroatoms. The van der Waals surface area contributed by atoms with E-state index in [1.165, 1.54) is 0 Å². The molecule has 1 aromatic rings. The SMILES string of the molecule is CCCCC(CCC(=O)O)C(=O)OCc1ccccc1. The molecular weight excluding hydrogens is 256 g/mol. The van der Waals surface area contributed by atoms with Crippen LogP contribution >= 0.6 is 0 Å². The maximum atomic E-state index is 12.0. The van der Waals surface area contributed by atoms with Crippen molar-refractivity contribution in [1.82, 2.24) is 0 Å². The van der Waals surface area contributed by atoms with Gasteiger partial charge in [0.2, 0.25) is 0 Å². The quantitative estimate of drug-likeness (QED) is 0.703. The molecule has 0 saturated carbocycles. The second kappa shape index (κ2) is 9.13. The zero-order valence-corrected chi connectivity index (χ0v) is 11.9. The van der Waals surface area contributed by atoms with E-state index >= 15 is 0 Å². The first-order valence-electron chi connectivity index (χ1n) is 7.05. The van der Waals surface area contributed by atoms with Crippen LogP contribution in [0.15, 0.2) is 30.3 Å². The molecule has 1 N–H and O–H groups in total. The lowest BCUT2D eigenvalue weighted by Crippen LogP contribution is -2.19. The van der Waals surface area contributed by atoms with Crippen molar-refractivity contribution in [3.05, 3.63) is 35.9 Å². The van der Waals surface area contributed by atoms with E-state index in [1.807, 2.05) is 37.3 Å². The van der Waals surface area contributed by atoms with Gasteiger partial charge in [-0.05, 0) is 18.4 Å². The number of benzene rings is 1. The number of unbranched alkanes of at least 4 members (excludes halogenated alkanes) is 1. The van der Waals surface area contributed by atoms with Crippen LogP contribution in [0.3, 0.4) is 0 Å². The number of carboxylic acids is 1. The van der Waals surface area contributed by atoms with Gasteiger partial charge in [-0.15, -0.1) is 0 Å². The van der Waals surface area contributed by atoms with Crippen LogP contribution in [0.5, 0.6) is 0 Å². The normalized spacial score (nSPS) is 11.8. The number of rotatable bonds is 9. The molecule has 0 aliphatic carbocycles. The lowest BCUT2D eigenvalue weighted by molar-refractivity contribution is -0.150. The van der Waals surface area contributed by atoms with E-state index in [0.29, 0.717) is 12.8 Å². The van der Waals surface area contributed by atoms with E-state index in [-0.39, 0.29) is 24.9 Å². The fraction of sp³-hybridized carbons (Fsp3) is 0.500. The molecule has 110 valence electrons. The summed E-state index contributed by atoms with van der Waals surface area (Å²) in [7, 11) is 0. The number of carbonyl (C=O) groups is 2. The van der Waals surface area contributed by atoms with Crippen molar-refractivity contribution in [3.8, 4) is 0 Å². The number of ether oxygens (including phenoxy) is 1. The molecule has 1 aromatic carbocycles. The molecule has 0 aliphatic heterocycles. The predicted molar refractivity (Wildman–Crippen MR) is 76.1 cm³/mol. The average molecular weight is 278 g/mol. The van der Waals surface area contributed by atoms with Gasteiger partial charge in [0.15, 0.2) is 0 Å². The van der Waals surface area contributed by atoms with Crippen LogP contribution in [0.2, 0.25) is 0 Å². The molecule has 0 amide bonds. The minimum Gasteiger partial charge on any atom is -0.481 e. The van der Waals surface area contributed by atoms with Gasteiger partial charge in [0.25, 0.3) is 0 Å². The molecule has 4 nitrogen and oxygen atoms in total. The summed E-state index contributed by atoms with van der Waals surface area (Å²) < 4.78 is 5.29. The van der Waals surface area contributed by atoms with Gasteiger partial charge in [-0.2, -0.15) is 0 Å². The fourth-order valence-corrected chi connectivity index (χ4v) is 1.97. The minimum atomic E-state index is -0.873. The maximum absolute atomic E-state index is 12.0. The molecule has 0 saturated heterocycles. The highest BCUT2D eigenvalue weighted by Gasteiger charge is 2.20. The van der Waals surface area contributed by atoms with E-state index in [2.05, 4.69) is 0 Å². The van der Waals surface area contributed by atoms with Gasteiger partial charge >= 0.3 is 11.9 Å². The molecule has 0 aromatic heterocycles. The summed E-state index contributed by atoms with van der Waals surface area (Å²) >= 11 is 0. The van der Waals surface area contributed by atoms with E-state index in [0.717, 1.165) is 18.4 Å². The van der Waals surface area contributed by atoms with Crippen LogP contribution in [-0.2, 0) is 20.9 Å². The average Bonchev–Trinajstić information content (AvgIpc) is 2.45. The Hall–Kier alpha value is -1.84. The molecule has 0 bridgehead atoms. The first-order chi connectivity index (χ1) is 9.63. The van der Waals surface area contributed by atoms with Crippen molar-refractivity contribution < 1.29 is 19.4 Å². The summed E-state index contributed by atoms with van der Waals surface area (Å²) in [6.07, 6.45) is 2.94. The second-order valence-corrected chi connectivity index (χ2v) is 4.86. The van der Waals surface area contributed by atoms with Crippen molar-refractivity contribution in [2.75, 3.05) is 0 Å². The first kappa shape index (κ1) is 16.2. The third-order valence-electron chi connectivity index (χ3n) is 3.17. The number of esters is 1. The van der Waals surface area contributed by atoms with Crippen LogP contribution in [0.1, 0.15) is 44.6 Å². The highest BCUT2D eigenvalue weighted by atomic mass is 16.5. The lowest BCUT2D eigenvalue weighted by atomic mass is 9.97. The summed E-state index contributed by atoms with van der Waals surface area (Å²) in [4.78, 5) is 22.6. The van der Waals surface area contributed by atoms with E-state index in [1.54, 1.807) is 0 Å². The van der Waals surface area contributed by atoms with Gasteiger partial charge in [-0.25, -0.2) is 0 Å². The zero-order chi connectivity index (χ0) is 14.8. The smallest absolute Gasteiger partial charge is 0.309 e. The number of carboxylic acid groups (broad SMARTS) is 1. The number of hydrogen-bond donors (Lipinski definition) is 1.